The number of Topliss-reactive ketones (excluding diaryl/α,β-unsaturated/α-hetero) is 1. The van der Waals surface area contributed by atoms with Crippen LogP contribution in [0.4, 0.5) is 0 Å². The van der Waals surface area contributed by atoms with Crippen LogP contribution in [0.3, 0.4) is 0 Å². The Morgan fingerprint density at radius 3 is 2.62 bits per heavy atom. The Morgan fingerprint density at radius 2 is 1.88 bits per heavy atom. The first-order valence-corrected chi connectivity index (χ1v) is 13.5. The fourth-order valence-electron chi connectivity index (χ4n) is 4.77. The molecule has 0 amide bonds. The average molecular weight is 557 g/mol. The van der Waals surface area contributed by atoms with Crippen molar-refractivity contribution in [3.8, 4) is 22.8 Å². The van der Waals surface area contributed by atoms with Gasteiger partial charge in [-0.3, -0.25) is 14.2 Å². The van der Waals surface area contributed by atoms with E-state index in [9.17, 15) is 14.4 Å². The molecule has 0 aliphatic carbocycles. The highest BCUT2D eigenvalue weighted by Gasteiger charge is 2.34. The van der Waals surface area contributed by atoms with Crippen LogP contribution in [0.25, 0.3) is 17.4 Å². The number of aromatic nitrogens is 1. The maximum absolute atomic E-state index is 13.8. The number of esters is 1. The Labute approximate surface area is 232 Å². The molecular formula is C30H24N2O7S. The largest absolute Gasteiger partial charge is 0.463 e. The van der Waals surface area contributed by atoms with Gasteiger partial charge in [0.15, 0.2) is 22.1 Å². The number of hydrogen-bond donors (Lipinski definition) is 0. The summed E-state index contributed by atoms with van der Waals surface area (Å²) in [5.74, 6) is 1.68. The van der Waals surface area contributed by atoms with Gasteiger partial charge in [0.25, 0.3) is 5.56 Å². The number of furan rings is 1. The Balaban J connectivity index is 1.44. The Bertz CT molecular complexity index is 1880. The third-order valence-corrected chi connectivity index (χ3v) is 7.69. The molecule has 2 aromatic heterocycles. The fourth-order valence-corrected chi connectivity index (χ4v) is 5.80. The minimum Gasteiger partial charge on any atom is -0.463 e. The lowest BCUT2D eigenvalue weighted by molar-refractivity contribution is -0.139. The number of hydrogen-bond acceptors (Lipinski definition) is 9. The smallest absolute Gasteiger partial charge is 0.338 e. The zero-order chi connectivity index (χ0) is 28.0. The Hall–Kier alpha value is -4.70. The molecule has 0 spiro atoms. The molecule has 0 bridgehead atoms. The van der Waals surface area contributed by atoms with Crippen LogP contribution < -0.4 is 24.4 Å². The van der Waals surface area contributed by atoms with E-state index in [-0.39, 0.29) is 30.3 Å². The second-order valence-electron chi connectivity index (χ2n) is 9.25. The van der Waals surface area contributed by atoms with Gasteiger partial charge in [0.05, 0.1) is 28.5 Å². The number of ether oxygens (including phenoxy) is 3. The van der Waals surface area contributed by atoms with Crippen molar-refractivity contribution in [1.29, 1.82) is 0 Å². The quantitative estimate of drug-likeness (QED) is 0.261. The van der Waals surface area contributed by atoms with Crippen molar-refractivity contribution in [1.82, 2.24) is 4.57 Å². The van der Waals surface area contributed by atoms with Crippen LogP contribution in [0, 0.1) is 0 Å². The normalized spacial score (nSPS) is 16.1. The van der Waals surface area contributed by atoms with Crippen LogP contribution in [0.1, 0.15) is 48.5 Å². The molecule has 4 heterocycles. The van der Waals surface area contributed by atoms with Gasteiger partial charge in [-0.15, -0.1) is 0 Å². The highest BCUT2D eigenvalue weighted by Crippen LogP contribution is 2.38. The van der Waals surface area contributed by atoms with Crippen molar-refractivity contribution in [2.75, 3.05) is 13.4 Å². The molecule has 0 saturated carbocycles. The summed E-state index contributed by atoms with van der Waals surface area (Å²) in [7, 11) is 0. The van der Waals surface area contributed by atoms with Gasteiger partial charge < -0.3 is 18.6 Å². The minimum absolute atomic E-state index is 0.0116. The lowest BCUT2D eigenvalue weighted by atomic mass is 9.95. The average Bonchev–Trinajstić information content (AvgIpc) is 3.67. The summed E-state index contributed by atoms with van der Waals surface area (Å²) in [6.07, 6.45) is 1.66. The molecule has 0 unspecified atom stereocenters. The first kappa shape index (κ1) is 25.6. The van der Waals surface area contributed by atoms with E-state index in [2.05, 4.69) is 4.99 Å². The van der Waals surface area contributed by atoms with Gasteiger partial charge in [-0.1, -0.05) is 41.7 Å². The highest BCUT2D eigenvalue weighted by atomic mass is 32.1. The van der Waals surface area contributed by atoms with E-state index in [1.165, 1.54) is 22.8 Å². The summed E-state index contributed by atoms with van der Waals surface area (Å²) in [5.41, 5.74) is 2.54. The van der Waals surface area contributed by atoms with Crippen molar-refractivity contribution in [2.24, 2.45) is 4.99 Å². The van der Waals surface area contributed by atoms with Gasteiger partial charge in [-0.2, -0.15) is 0 Å². The van der Waals surface area contributed by atoms with E-state index in [0.717, 1.165) is 5.56 Å². The van der Waals surface area contributed by atoms with Crippen molar-refractivity contribution >= 4 is 29.2 Å². The topological polar surface area (TPSA) is 109 Å². The van der Waals surface area contributed by atoms with E-state index in [0.29, 0.717) is 49.2 Å². The lowest BCUT2D eigenvalue weighted by Gasteiger charge is -2.24. The van der Waals surface area contributed by atoms with Crippen LogP contribution in [0.15, 0.2) is 80.1 Å². The molecule has 40 heavy (non-hydrogen) atoms. The molecule has 6 rings (SSSR count). The molecule has 0 fully saturated rings. The maximum Gasteiger partial charge on any atom is 0.338 e. The van der Waals surface area contributed by atoms with Crippen molar-refractivity contribution < 1.29 is 28.2 Å². The molecule has 0 N–H and O–H groups in total. The molecule has 4 aromatic rings. The molecular weight excluding hydrogens is 532 g/mol. The van der Waals surface area contributed by atoms with E-state index in [1.54, 1.807) is 50.3 Å². The molecule has 1 atom stereocenters. The first-order chi connectivity index (χ1) is 19.3. The summed E-state index contributed by atoms with van der Waals surface area (Å²) in [6, 6.07) is 15.3. The number of nitrogens with zero attached hydrogens (tertiary/aromatic N) is 2. The highest BCUT2D eigenvalue weighted by molar-refractivity contribution is 7.07. The number of rotatable bonds is 6. The fraction of sp³-hybridized carbons (Fsp3) is 0.200. The molecule has 0 saturated heterocycles. The van der Waals surface area contributed by atoms with E-state index in [1.807, 2.05) is 24.3 Å². The monoisotopic (exact) mass is 556 g/mol. The number of ketones is 1. The zero-order valence-corrected chi connectivity index (χ0v) is 22.7. The van der Waals surface area contributed by atoms with Gasteiger partial charge in [-0.25, -0.2) is 9.79 Å². The van der Waals surface area contributed by atoms with Crippen LogP contribution in [0.5, 0.6) is 11.5 Å². The number of carbonyl (C=O) groups is 2. The second kappa shape index (κ2) is 10.1. The molecule has 10 heteroatoms. The summed E-state index contributed by atoms with van der Waals surface area (Å²) >= 11 is 1.21. The zero-order valence-electron chi connectivity index (χ0n) is 21.9. The number of allylic oxidation sites excluding steroid dienone is 1. The van der Waals surface area contributed by atoms with E-state index >= 15 is 0 Å². The third kappa shape index (κ3) is 4.46. The van der Waals surface area contributed by atoms with Gasteiger partial charge >= 0.3 is 5.97 Å². The lowest BCUT2D eigenvalue weighted by Crippen LogP contribution is -2.39. The SMILES string of the molecule is CCOC(=O)C1=C(C)N=c2s/c(=C\c3ccc(-c4ccc(C(C)=O)cc4)o3)c(=O)n2[C@H]1c1ccc2c(c1)OCO2. The Kier molecular flexibility index (Phi) is 6.47. The number of fused-ring (bicyclic) bond motifs is 2. The van der Waals surface area contributed by atoms with Gasteiger partial charge in [0.2, 0.25) is 6.79 Å². The summed E-state index contributed by atoms with van der Waals surface area (Å²) in [5, 5.41) is 0. The predicted molar refractivity (Wildman–Crippen MR) is 147 cm³/mol. The first-order valence-electron chi connectivity index (χ1n) is 12.6. The van der Waals surface area contributed by atoms with Crippen LogP contribution in [-0.4, -0.2) is 29.7 Å². The number of thiazole rings is 1. The third-order valence-electron chi connectivity index (χ3n) is 6.71. The van der Waals surface area contributed by atoms with Gasteiger partial charge in [0.1, 0.15) is 11.5 Å². The summed E-state index contributed by atoms with van der Waals surface area (Å²) in [6.45, 7) is 5.27. The Morgan fingerprint density at radius 1 is 1.10 bits per heavy atom. The standard InChI is InChI=1S/C30H24N2O7S/c1-4-36-29(35)26-16(2)31-30-32(27(26)20-9-11-23-24(13-20)38-15-37-23)28(34)25(40-30)14-21-10-12-22(39-21)19-7-5-18(6-8-19)17(3)33/h5-14,27H,4,15H2,1-3H3/b25-14-/t27-/m0/s1. The number of carbonyl (C=O) groups excluding carboxylic acids is 2. The van der Waals surface area contributed by atoms with Crippen molar-refractivity contribution in [3.05, 3.63) is 102 Å². The van der Waals surface area contributed by atoms with Crippen LogP contribution >= 0.6 is 11.3 Å². The predicted octanol–water partition coefficient (Wildman–Crippen LogP) is 3.99. The summed E-state index contributed by atoms with van der Waals surface area (Å²) < 4.78 is 24.3. The van der Waals surface area contributed by atoms with Crippen molar-refractivity contribution in [2.45, 2.75) is 26.8 Å². The summed E-state index contributed by atoms with van der Waals surface area (Å²) in [4.78, 5) is 43.6. The second-order valence-corrected chi connectivity index (χ2v) is 10.3. The molecule has 2 aliphatic heterocycles. The number of benzene rings is 2. The molecule has 0 radical (unpaired) electrons. The maximum atomic E-state index is 13.8. The molecule has 2 aliphatic rings. The van der Waals surface area contributed by atoms with E-state index in [4.69, 9.17) is 18.6 Å². The molecule has 9 nitrogen and oxygen atoms in total. The van der Waals surface area contributed by atoms with Crippen LogP contribution in [-0.2, 0) is 9.53 Å². The molecule has 2 aromatic carbocycles. The van der Waals surface area contributed by atoms with Gasteiger partial charge in [0, 0.05) is 17.2 Å². The molecule has 202 valence electrons. The van der Waals surface area contributed by atoms with Crippen LogP contribution in [0.2, 0.25) is 0 Å². The van der Waals surface area contributed by atoms with Gasteiger partial charge in [-0.05, 0) is 50.6 Å². The minimum atomic E-state index is -0.765. The van der Waals surface area contributed by atoms with E-state index < -0.39 is 12.0 Å². The van der Waals surface area contributed by atoms with Crippen molar-refractivity contribution in [3.63, 3.8) is 0 Å².